The average molecular weight is 245 g/mol. The minimum atomic E-state index is -0.377. The predicted octanol–water partition coefficient (Wildman–Crippen LogP) is 2.94. The molecule has 0 aromatic heterocycles. The molecule has 0 aliphatic carbocycles. The van der Waals surface area contributed by atoms with Gasteiger partial charge in [0.1, 0.15) is 5.82 Å². The zero-order valence-corrected chi connectivity index (χ0v) is 9.58. The maximum atomic E-state index is 13.6. The van der Waals surface area contributed by atoms with E-state index < -0.39 is 0 Å². The van der Waals surface area contributed by atoms with Crippen LogP contribution >= 0.6 is 11.6 Å². The molecule has 1 aliphatic rings. The van der Waals surface area contributed by atoms with Crippen LogP contribution in [0, 0.1) is 11.7 Å². The largest absolute Gasteiger partial charge is 0.396 e. The average Bonchev–Trinajstić information content (AvgIpc) is 2.32. The highest BCUT2D eigenvalue weighted by Gasteiger charge is 2.29. The van der Waals surface area contributed by atoms with Crippen LogP contribution in [0.1, 0.15) is 24.5 Å². The summed E-state index contributed by atoms with van der Waals surface area (Å²) in [6.45, 7) is 0.615. The zero-order valence-electron chi connectivity index (χ0n) is 8.83. The minimum absolute atomic E-state index is 0.0105. The molecule has 1 aromatic rings. The summed E-state index contributed by atoms with van der Waals surface area (Å²) >= 11 is 5.84. The van der Waals surface area contributed by atoms with Gasteiger partial charge in [0.25, 0.3) is 0 Å². The number of benzene rings is 1. The second-order valence-corrected chi connectivity index (χ2v) is 4.48. The molecule has 1 aliphatic heterocycles. The van der Waals surface area contributed by atoms with Crippen molar-refractivity contribution in [3.8, 4) is 0 Å². The Hall–Kier alpha value is -0.640. The molecule has 1 aromatic carbocycles. The van der Waals surface area contributed by atoms with Crippen molar-refractivity contribution in [2.24, 2.45) is 5.92 Å². The number of ether oxygens (including phenoxy) is 1. The third-order valence-electron chi connectivity index (χ3n) is 2.94. The van der Waals surface area contributed by atoms with Gasteiger partial charge in [-0.2, -0.15) is 0 Å². The number of hydrogen-bond acceptors (Lipinski definition) is 2. The first-order valence-corrected chi connectivity index (χ1v) is 5.77. The fraction of sp³-hybridized carbons (Fsp3) is 0.500. The second-order valence-electron chi connectivity index (χ2n) is 4.04. The summed E-state index contributed by atoms with van der Waals surface area (Å²) < 4.78 is 19.2. The van der Waals surface area contributed by atoms with Crippen LogP contribution in [0.4, 0.5) is 4.39 Å². The van der Waals surface area contributed by atoms with Crippen molar-refractivity contribution in [3.63, 3.8) is 0 Å². The van der Waals surface area contributed by atoms with E-state index in [0.717, 1.165) is 12.8 Å². The van der Waals surface area contributed by atoms with Crippen LogP contribution in [-0.2, 0) is 4.74 Å². The summed E-state index contributed by atoms with van der Waals surface area (Å²) in [5.74, 6) is -0.364. The van der Waals surface area contributed by atoms with Crippen molar-refractivity contribution in [1.82, 2.24) is 0 Å². The van der Waals surface area contributed by atoms with Gasteiger partial charge in [0.2, 0.25) is 0 Å². The molecule has 0 amide bonds. The molecular formula is C12H14ClFO2. The molecule has 1 fully saturated rings. The molecular weight excluding hydrogens is 231 g/mol. The summed E-state index contributed by atoms with van der Waals surface area (Å²) in [5, 5.41) is 9.74. The van der Waals surface area contributed by atoms with Gasteiger partial charge in [-0.15, -0.1) is 0 Å². The first-order chi connectivity index (χ1) is 7.72. The molecule has 4 heteroatoms. The molecule has 0 spiro atoms. The number of aliphatic hydroxyl groups is 1. The van der Waals surface area contributed by atoms with E-state index in [1.165, 1.54) is 12.1 Å². The fourth-order valence-electron chi connectivity index (χ4n) is 2.11. The lowest BCUT2D eigenvalue weighted by Crippen LogP contribution is -2.26. The normalized spacial score (nSPS) is 25.7. The van der Waals surface area contributed by atoms with E-state index in [1.807, 2.05) is 0 Å². The highest BCUT2D eigenvalue weighted by Crippen LogP contribution is 2.35. The van der Waals surface area contributed by atoms with Crippen molar-refractivity contribution in [1.29, 1.82) is 0 Å². The van der Waals surface area contributed by atoms with Crippen molar-refractivity contribution in [2.75, 3.05) is 13.2 Å². The molecule has 2 nitrogen and oxygen atoms in total. The van der Waals surface area contributed by atoms with Crippen molar-refractivity contribution in [3.05, 3.63) is 34.6 Å². The first-order valence-electron chi connectivity index (χ1n) is 5.40. The predicted molar refractivity (Wildman–Crippen MR) is 59.9 cm³/mol. The van der Waals surface area contributed by atoms with E-state index in [-0.39, 0.29) is 24.4 Å². The van der Waals surface area contributed by atoms with E-state index in [0.29, 0.717) is 17.2 Å². The van der Waals surface area contributed by atoms with E-state index in [1.54, 1.807) is 6.07 Å². The van der Waals surface area contributed by atoms with Crippen molar-refractivity contribution < 1.29 is 14.2 Å². The smallest absolute Gasteiger partial charge is 0.129 e. The number of rotatable bonds is 2. The Kier molecular flexibility index (Phi) is 3.79. The molecule has 88 valence electrons. The van der Waals surface area contributed by atoms with Crippen LogP contribution in [0.2, 0.25) is 5.02 Å². The molecule has 1 heterocycles. The first kappa shape index (κ1) is 11.8. The molecule has 16 heavy (non-hydrogen) atoms. The summed E-state index contributed by atoms with van der Waals surface area (Å²) in [4.78, 5) is 0. The number of hydrogen-bond donors (Lipinski definition) is 1. The Morgan fingerprint density at radius 3 is 3.06 bits per heavy atom. The van der Waals surface area contributed by atoms with Crippen LogP contribution in [0.15, 0.2) is 18.2 Å². The third-order valence-corrected chi connectivity index (χ3v) is 3.18. The zero-order chi connectivity index (χ0) is 11.5. The molecule has 2 rings (SSSR count). The van der Waals surface area contributed by atoms with Crippen LogP contribution in [0.3, 0.4) is 0 Å². The monoisotopic (exact) mass is 244 g/mol. The van der Waals surface area contributed by atoms with Crippen molar-refractivity contribution >= 4 is 11.6 Å². The van der Waals surface area contributed by atoms with Gasteiger partial charge in [0, 0.05) is 29.7 Å². The highest BCUT2D eigenvalue weighted by molar-refractivity contribution is 6.30. The number of halogens is 2. The van der Waals surface area contributed by atoms with Gasteiger partial charge in [-0.25, -0.2) is 4.39 Å². The molecule has 2 atom stereocenters. The lowest BCUT2D eigenvalue weighted by Gasteiger charge is -2.31. The van der Waals surface area contributed by atoms with Gasteiger partial charge in [0.15, 0.2) is 0 Å². The standard InChI is InChI=1S/C12H14ClFO2/c13-9-3-4-11(14)10(6-9)12-8(7-15)2-1-5-16-12/h3-4,6,8,12,15H,1-2,5,7H2. The third kappa shape index (κ3) is 2.37. The van der Waals surface area contributed by atoms with Crippen molar-refractivity contribution in [2.45, 2.75) is 18.9 Å². The van der Waals surface area contributed by atoms with Gasteiger partial charge in [-0.05, 0) is 31.0 Å². The maximum Gasteiger partial charge on any atom is 0.129 e. The molecule has 1 saturated heterocycles. The maximum absolute atomic E-state index is 13.6. The molecule has 1 N–H and O–H groups in total. The lowest BCUT2D eigenvalue weighted by molar-refractivity contribution is -0.0473. The molecule has 0 radical (unpaired) electrons. The SMILES string of the molecule is OCC1CCCOC1c1cc(Cl)ccc1F. The Morgan fingerprint density at radius 1 is 1.50 bits per heavy atom. The quantitative estimate of drug-likeness (QED) is 0.867. The summed E-state index contributed by atoms with van der Waals surface area (Å²) in [7, 11) is 0. The second kappa shape index (κ2) is 5.13. The minimum Gasteiger partial charge on any atom is -0.396 e. The van der Waals surface area contributed by atoms with Crippen LogP contribution in [0.25, 0.3) is 0 Å². The van der Waals surface area contributed by atoms with Crippen LogP contribution < -0.4 is 0 Å². The topological polar surface area (TPSA) is 29.5 Å². The van der Waals surface area contributed by atoms with Gasteiger partial charge in [0.05, 0.1) is 6.10 Å². The Bertz CT molecular complexity index is 370. The van der Waals surface area contributed by atoms with Crippen LogP contribution in [-0.4, -0.2) is 18.3 Å². The fourth-order valence-corrected chi connectivity index (χ4v) is 2.29. The highest BCUT2D eigenvalue weighted by atomic mass is 35.5. The summed E-state index contributed by atoms with van der Waals surface area (Å²) in [5.41, 5.74) is 0.450. The van der Waals surface area contributed by atoms with Gasteiger partial charge in [-0.1, -0.05) is 11.6 Å². The molecule has 2 unspecified atom stereocenters. The van der Waals surface area contributed by atoms with Gasteiger partial charge >= 0.3 is 0 Å². The molecule has 0 bridgehead atoms. The van der Waals surface area contributed by atoms with Gasteiger partial charge in [-0.3, -0.25) is 0 Å². The summed E-state index contributed by atoms with van der Waals surface area (Å²) in [6.07, 6.45) is 1.38. The lowest BCUT2D eigenvalue weighted by atomic mass is 9.90. The Labute approximate surface area is 99.0 Å². The van der Waals surface area contributed by atoms with E-state index in [4.69, 9.17) is 16.3 Å². The molecule has 0 saturated carbocycles. The summed E-state index contributed by atoms with van der Waals surface area (Å²) in [6, 6.07) is 4.43. The van der Waals surface area contributed by atoms with Crippen LogP contribution in [0.5, 0.6) is 0 Å². The van der Waals surface area contributed by atoms with Gasteiger partial charge < -0.3 is 9.84 Å². The Balaban J connectivity index is 2.30. The Morgan fingerprint density at radius 2 is 2.31 bits per heavy atom. The van der Waals surface area contributed by atoms with E-state index in [2.05, 4.69) is 0 Å². The number of aliphatic hydroxyl groups excluding tert-OH is 1. The van der Waals surface area contributed by atoms with E-state index in [9.17, 15) is 9.50 Å². The van der Waals surface area contributed by atoms with E-state index >= 15 is 0 Å².